The summed E-state index contributed by atoms with van der Waals surface area (Å²) in [4.78, 5) is 5.74. The Labute approximate surface area is 118 Å². The number of rotatable bonds is 3. The van der Waals surface area contributed by atoms with E-state index in [0.29, 0.717) is 0 Å². The summed E-state index contributed by atoms with van der Waals surface area (Å²) in [6, 6.07) is 10.3. The Morgan fingerprint density at radius 2 is 2.11 bits per heavy atom. The third kappa shape index (κ3) is 2.02. The first-order valence-electron chi connectivity index (χ1n) is 5.63. The van der Waals surface area contributed by atoms with Gasteiger partial charge < -0.3 is 0 Å². The lowest BCUT2D eigenvalue weighted by atomic mass is 10.1. The van der Waals surface area contributed by atoms with Crippen molar-refractivity contribution in [1.82, 2.24) is 9.38 Å². The minimum Gasteiger partial charge on any atom is -0.290 e. The summed E-state index contributed by atoms with van der Waals surface area (Å²) in [5.74, 6) is 0. The predicted octanol–water partition coefficient (Wildman–Crippen LogP) is 4.47. The van der Waals surface area contributed by atoms with Crippen molar-refractivity contribution in [3.8, 4) is 11.3 Å². The molecule has 3 aromatic rings. The molecule has 0 N–H and O–H groups in total. The minimum absolute atomic E-state index is 0.846. The van der Waals surface area contributed by atoms with Gasteiger partial charge in [-0.25, -0.2) is 4.98 Å². The third-order valence-electron chi connectivity index (χ3n) is 2.71. The summed E-state index contributed by atoms with van der Waals surface area (Å²) in [6.07, 6.45) is 6.27. The van der Waals surface area contributed by atoms with Crippen molar-refractivity contribution in [3.05, 3.63) is 53.7 Å². The molecule has 2 nitrogen and oxygen atoms in total. The number of halogens is 1. The summed E-state index contributed by atoms with van der Waals surface area (Å²) in [5, 5.41) is 2.90. The van der Waals surface area contributed by atoms with Gasteiger partial charge in [0, 0.05) is 22.5 Å². The molecule has 0 saturated carbocycles. The van der Waals surface area contributed by atoms with E-state index in [2.05, 4.69) is 56.2 Å². The quantitative estimate of drug-likeness (QED) is 0.651. The fourth-order valence-corrected chi connectivity index (χ4v) is 2.84. The average molecular weight is 319 g/mol. The van der Waals surface area contributed by atoms with E-state index < -0.39 is 0 Å². The Hall–Kier alpha value is -1.39. The van der Waals surface area contributed by atoms with Crippen molar-refractivity contribution < 1.29 is 0 Å². The summed E-state index contributed by atoms with van der Waals surface area (Å²) in [6.45, 7) is 0. The first-order valence-corrected chi connectivity index (χ1v) is 7.64. The van der Waals surface area contributed by atoms with Crippen LogP contribution in [0.3, 0.4) is 0 Å². The molecule has 0 atom stereocenters. The molecule has 0 aliphatic heterocycles. The van der Waals surface area contributed by atoms with Crippen molar-refractivity contribution in [3.63, 3.8) is 0 Å². The van der Waals surface area contributed by atoms with Crippen LogP contribution in [0.15, 0.2) is 48.0 Å². The Morgan fingerprint density at radius 1 is 1.28 bits per heavy atom. The number of hydrogen-bond acceptors (Lipinski definition) is 2. The van der Waals surface area contributed by atoms with Gasteiger partial charge in [-0.2, -0.15) is 0 Å². The molecule has 0 spiro atoms. The average Bonchev–Trinajstić information content (AvgIpc) is 2.98. The van der Waals surface area contributed by atoms with Crippen LogP contribution in [0.1, 0.15) is 5.69 Å². The van der Waals surface area contributed by atoms with Crippen LogP contribution < -0.4 is 0 Å². The number of thiazole rings is 1. The standard InChI is InChI=1S/C14H11BrN2S/c15-8-4-7-12-13(11-5-2-1-3-6-11)16-14-17(12)9-10-18-14/h1-7,9-10H,8H2. The number of benzene rings is 1. The molecule has 0 unspecified atom stereocenters. The van der Waals surface area contributed by atoms with E-state index in [1.807, 2.05) is 18.2 Å². The first-order chi connectivity index (χ1) is 8.90. The highest BCUT2D eigenvalue weighted by atomic mass is 79.9. The number of nitrogens with zero attached hydrogens (tertiary/aromatic N) is 2. The molecule has 0 radical (unpaired) electrons. The maximum Gasteiger partial charge on any atom is 0.194 e. The Kier molecular flexibility index (Phi) is 3.30. The van der Waals surface area contributed by atoms with Crippen molar-refractivity contribution in [2.75, 3.05) is 5.33 Å². The van der Waals surface area contributed by atoms with Crippen LogP contribution >= 0.6 is 27.3 Å². The topological polar surface area (TPSA) is 17.3 Å². The lowest BCUT2D eigenvalue weighted by Crippen LogP contribution is -1.85. The summed E-state index contributed by atoms with van der Waals surface area (Å²) < 4.78 is 2.13. The van der Waals surface area contributed by atoms with Crippen LogP contribution in [-0.2, 0) is 0 Å². The van der Waals surface area contributed by atoms with Gasteiger partial charge in [0.1, 0.15) is 0 Å². The molecule has 1 aromatic carbocycles. The fourth-order valence-electron chi connectivity index (χ4n) is 1.93. The molecule has 2 aromatic heterocycles. The number of fused-ring (bicyclic) bond motifs is 1. The highest BCUT2D eigenvalue weighted by Crippen LogP contribution is 2.27. The molecule has 2 heterocycles. The molecule has 0 fully saturated rings. The normalized spacial score (nSPS) is 11.6. The van der Waals surface area contributed by atoms with Gasteiger partial charge in [0.15, 0.2) is 4.96 Å². The van der Waals surface area contributed by atoms with Crippen LogP contribution in [0, 0.1) is 0 Å². The molecule has 0 saturated heterocycles. The van der Waals surface area contributed by atoms with E-state index >= 15 is 0 Å². The Balaban J connectivity index is 2.22. The first kappa shape index (κ1) is 11.7. The zero-order valence-electron chi connectivity index (χ0n) is 9.58. The molecular weight excluding hydrogens is 308 g/mol. The number of imidazole rings is 1. The summed E-state index contributed by atoms with van der Waals surface area (Å²) in [5.41, 5.74) is 3.33. The number of aromatic nitrogens is 2. The zero-order chi connectivity index (χ0) is 12.4. The second kappa shape index (κ2) is 5.08. The second-order valence-corrected chi connectivity index (χ2v) is 5.34. The van der Waals surface area contributed by atoms with Crippen molar-refractivity contribution in [2.45, 2.75) is 0 Å². The van der Waals surface area contributed by atoms with Gasteiger partial charge in [-0.1, -0.05) is 52.3 Å². The summed E-state index contributed by atoms with van der Waals surface area (Å²) >= 11 is 5.07. The van der Waals surface area contributed by atoms with Gasteiger partial charge in [0.25, 0.3) is 0 Å². The van der Waals surface area contributed by atoms with Crippen molar-refractivity contribution in [1.29, 1.82) is 0 Å². The van der Waals surface area contributed by atoms with Gasteiger partial charge in [0.2, 0.25) is 0 Å². The Morgan fingerprint density at radius 3 is 2.89 bits per heavy atom. The molecule has 0 bridgehead atoms. The van der Waals surface area contributed by atoms with Crippen molar-refractivity contribution in [2.24, 2.45) is 0 Å². The van der Waals surface area contributed by atoms with Crippen LogP contribution in [0.4, 0.5) is 0 Å². The van der Waals surface area contributed by atoms with Crippen LogP contribution in [0.5, 0.6) is 0 Å². The SMILES string of the molecule is BrCC=Cc1c(-c2ccccc2)nc2sccn12. The van der Waals surface area contributed by atoms with E-state index in [1.54, 1.807) is 11.3 Å². The van der Waals surface area contributed by atoms with E-state index in [0.717, 1.165) is 27.2 Å². The molecular formula is C14H11BrN2S. The molecule has 4 heteroatoms. The van der Waals surface area contributed by atoms with Gasteiger partial charge >= 0.3 is 0 Å². The maximum absolute atomic E-state index is 4.71. The number of alkyl halides is 1. The molecule has 0 amide bonds. The number of allylic oxidation sites excluding steroid dienone is 1. The number of hydrogen-bond donors (Lipinski definition) is 0. The Bertz CT molecular complexity index is 682. The van der Waals surface area contributed by atoms with E-state index in [1.165, 1.54) is 0 Å². The minimum atomic E-state index is 0.846. The predicted molar refractivity (Wildman–Crippen MR) is 81.3 cm³/mol. The van der Waals surface area contributed by atoms with Crippen LogP contribution in [0.25, 0.3) is 22.3 Å². The monoisotopic (exact) mass is 318 g/mol. The highest BCUT2D eigenvalue weighted by molar-refractivity contribution is 9.09. The fraction of sp³-hybridized carbons (Fsp3) is 0.0714. The smallest absolute Gasteiger partial charge is 0.194 e. The van der Waals surface area contributed by atoms with Gasteiger partial charge in [-0.3, -0.25) is 4.40 Å². The maximum atomic E-state index is 4.71. The molecule has 0 aliphatic rings. The van der Waals surface area contributed by atoms with E-state index in [4.69, 9.17) is 4.98 Å². The largest absolute Gasteiger partial charge is 0.290 e. The lowest BCUT2D eigenvalue weighted by Gasteiger charge is -1.99. The van der Waals surface area contributed by atoms with Gasteiger partial charge in [-0.15, -0.1) is 11.3 Å². The summed E-state index contributed by atoms with van der Waals surface area (Å²) in [7, 11) is 0. The van der Waals surface area contributed by atoms with E-state index in [-0.39, 0.29) is 0 Å². The molecule has 18 heavy (non-hydrogen) atoms. The highest BCUT2D eigenvalue weighted by Gasteiger charge is 2.11. The van der Waals surface area contributed by atoms with Gasteiger partial charge in [-0.05, 0) is 6.08 Å². The lowest BCUT2D eigenvalue weighted by molar-refractivity contribution is 1.21. The van der Waals surface area contributed by atoms with Gasteiger partial charge in [0.05, 0.1) is 11.4 Å². The molecule has 90 valence electrons. The third-order valence-corrected chi connectivity index (χ3v) is 3.84. The second-order valence-electron chi connectivity index (χ2n) is 3.82. The molecule has 0 aliphatic carbocycles. The molecule has 3 rings (SSSR count). The van der Waals surface area contributed by atoms with Crippen LogP contribution in [-0.4, -0.2) is 14.7 Å². The van der Waals surface area contributed by atoms with Crippen LogP contribution in [0.2, 0.25) is 0 Å². The zero-order valence-corrected chi connectivity index (χ0v) is 12.0. The van der Waals surface area contributed by atoms with Crippen molar-refractivity contribution >= 4 is 38.3 Å². The van der Waals surface area contributed by atoms with E-state index in [9.17, 15) is 0 Å².